The van der Waals surface area contributed by atoms with Crippen LogP contribution < -0.4 is 16.4 Å². The van der Waals surface area contributed by atoms with Gasteiger partial charge in [0.2, 0.25) is 11.8 Å². The zero-order chi connectivity index (χ0) is 29.0. The molecule has 2 fully saturated rings. The van der Waals surface area contributed by atoms with Crippen LogP contribution in [0.1, 0.15) is 71.5 Å². The van der Waals surface area contributed by atoms with E-state index < -0.39 is 11.4 Å². The van der Waals surface area contributed by atoms with E-state index in [9.17, 15) is 14.4 Å². The van der Waals surface area contributed by atoms with Crippen molar-refractivity contribution in [1.29, 1.82) is 0 Å². The number of amides is 3. The van der Waals surface area contributed by atoms with Crippen LogP contribution in [0.15, 0.2) is 30.4 Å². The van der Waals surface area contributed by atoms with Gasteiger partial charge < -0.3 is 26.2 Å². The number of primary amides is 1. The van der Waals surface area contributed by atoms with Crippen LogP contribution in [-0.4, -0.2) is 77.3 Å². The lowest BCUT2D eigenvalue weighted by Crippen LogP contribution is -2.49. The molecule has 4 rings (SSSR count). The van der Waals surface area contributed by atoms with Crippen molar-refractivity contribution in [1.82, 2.24) is 25.1 Å². The molecule has 0 radical (unpaired) electrons. The predicted molar refractivity (Wildman–Crippen MR) is 156 cm³/mol. The van der Waals surface area contributed by atoms with Gasteiger partial charge in [0.1, 0.15) is 5.54 Å². The number of aryl methyl sites for hydroxylation is 2. The molecule has 0 unspecified atom stereocenters. The SMILES string of the molecule is CCc1nc(C(N)=O)c(Nc2cc(CCNC(=O)C3(N(C)C(=O)/C=C/CN(C)C)CC3)cc(C3CC3)c2)nc1C. The minimum absolute atomic E-state index is 0.117. The zero-order valence-corrected chi connectivity index (χ0v) is 24.2. The summed E-state index contributed by atoms with van der Waals surface area (Å²) in [6.45, 7) is 4.94. The lowest BCUT2D eigenvalue weighted by molar-refractivity contribution is -0.137. The number of likely N-dealkylation sites (N-methyl/N-ethyl adjacent to an activating group) is 2. The van der Waals surface area contributed by atoms with Crippen molar-refractivity contribution in [2.45, 2.75) is 63.8 Å². The Morgan fingerprint density at radius 2 is 1.85 bits per heavy atom. The van der Waals surface area contributed by atoms with Gasteiger partial charge in [-0.1, -0.05) is 19.1 Å². The molecule has 2 saturated carbocycles. The van der Waals surface area contributed by atoms with E-state index in [-0.39, 0.29) is 17.5 Å². The maximum Gasteiger partial charge on any atom is 0.271 e. The van der Waals surface area contributed by atoms with Gasteiger partial charge in [-0.05, 0) is 88.7 Å². The van der Waals surface area contributed by atoms with Crippen molar-refractivity contribution in [3.63, 3.8) is 0 Å². The molecule has 2 aliphatic carbocycles. The van der Waals surface area contributed by atoms with Crippen LogP contribution in [0.4, 0.5) is 11.5 Å². The van der Waals surface area contributed by atoms with Crippen LogP contribution in [0.3, 0.4) is 0 Å². The average molecular weight is 548 g/mol. The molecule has 3 amide bonds. The molecule has 10 heteroatoms. The van der Waals surface area contributed by atoms with E-state index in [2.05, 4.69) is 32.7 Å². The van der Waals surface area contributed by atoms with E-state index in [0.717, 1.165) is 35.5 Å². The Morgan fingerprint density at radius 1 is 1.12 bits per heavy atom. The van der Waals surface area contributed by atoms with Gasteiger partial charge in [0.15, 0.2) is 11.5 Å². The number of benzene rings is 1. The number of aromatic nitrogens is 2. The van der Waals surface area contributed by atoms with E-state index in [1.807, 2.05) is 45.0 Å². The number of nitrogens with one attached hydrogen (secondary N) is 2. The van der Waals surface area contributed by atoms with E-state index in [4.69, 9.17) is 5.73 Å². The third-order valence-corrected chi connectivity index (χ3v) is 7.61. The summed E-state index contributed by atoms with van der Waals surface area (Å²) >= 11 is 0. The first kappa shape index (κ1) is 29.2. The monoisotopic (exact) mass is 547 g/mol. The summed E-state index contributed by atoms with van der Waals surface area (Å²) < 4.78 is 0. The Kier molecular flexibility index (Phi) is 8.88. The minimum Gasteiger partial charge on any atom is -0.364 e. The normalized spacial score (nSPS) is 15.8. The van der Waals surface area contributed by atoms with E-state index in [1.54, 1.807) is 11.9 Å². The summed E-state index contributed by atoms with van der Waals surface area (Å²) in [5, 5.41) is 6.33. The summed E-state index contributed by atoms with van der Waals surface area (Å²) in [7, 11) is 5.57. The molecule has 1 heterocycles. The van der Waals surface area contributed by atoms with Crippen molar-refractivity contribution in [2.24, 2.45) is 5.73 Å². The smallest absolute Gasteiger partial charge is 0.271 e. The summed E-state index contributed by atoms with van der Waals surface area (Å²) in [4.78, 5) is 50.4. The van der Waals surface area contributed by atoms with Crippen LogP contribution >= 0.6 is 0 Å². The van der Waals surface area contributed by atoms with Gasteiger partial charge in [-0.25, -0.2) is 9.97 Å². The number of rotatable bonds is 13. The third-order valence-electron chi connectivity index (χ3n) is 7.61. The lowest BCUT2D eigenvalue weighted by atomic mass is 10.0. The fourth-order valence-electron chi connectivity index (χ4n) is 4.88. The minimum atomic E-state index is -0.769. The highest BCUT2D eigenvalue weighted by molar-refractivity contribution is 5.97. The Bertz CT molecular complexity index is 1310. The molecule has 0 bridgehead atoms. The fourth-order valence-corrected chi connectivity index (χ4v) is 4.88. The molecule has 40 heavy (non-hydrogen) atoms. The number of nitrogens with two attached hydrogens (primary N) is 1. The molecule has 1 aromatic heterocycles. The van der Waals surface area contributed by atoms with Gasteiger partial charge >= 0.3 is 0 Å². The summed E-state index contributed by atoms with van der Waals surface area (Å²) in [5.41, 5.74) is 9.55. The molecule has 0 atom stereocenters. The second kappa shape index (κ2) is 12.2. The lowest BCUT2D eigenvalue weighted by Gasteiger charge is -2.26. The highest BCUT2D eigenvalue weighted by Crippen LogP contribution is 2.42. The Balaban J connectivity index is 1.43. The van der Waals surface area contributed by atoms with Crippen molar-refractivity contribution < 1.29 is 14.4 Å². The topological polar surface area (TPSA) is 134 Å². The molecule has 2 aromatic rings. The fraction of sp³-hybridized carbons (Fsp3) is 0.500. The van der Waals surface area contributed by atoms with Crippen LogP contribution in [0.25, 0.3) is 0 Å². The number of carbonyl (C=O) groups is 3. The van der Waals surface area contributed by atoms with E-state index in [0.29, 0.717) is 50.5 Å². The number of hydrogen-bond donors (Lipinski definition) is 3. The standard InChI is InChI=1S/C30H41N7O3/c1-6-24-19(2)33-28(26(35-24)27(31)39)34-23-17-20(16-22(18-23)21-9-10-21)11-14-32-29(40)30(12-13-30)37(5)25(38)8-7-15-36(3)4/h7-8,16-18,21H,6,9-15H2,1-5H3,(H2,31,39)(H,32,40)(H,33,34)/b8-7+. The van der Waals surface area contributed by atoms with E-state index >= 15 is 0 Å². The van der Waals surface area contributed by atoms with Crippen molar-refractivity contribution >= 4 is 29.2 Å². The number of anilines is 2. The van der Waals surface area contributed by atoms with Gasteiger partial charge in [-0.15, -0.1) is 0 Å². The summed E-state index contributed by atoms with van der Waals surface area (Å²) in [6, 6.07) is 6.27. The van der Waals surface area contributed by atoms with Crippen LogP contribution in [0.5, 0.6) is 0 Å². The van der Waals surface area contributed by atoms with E-state index in [1.165, 1.54) is 11.6 Å². The van der Waals surface area contributed by atoms with Crippen LogP contribution in [0, 0.1) is 6.92 Å². The Morgan fingerprint density at radius 3 is 2.45 bits per heavy atom. The zero-order valence-electron chi connectivity index (χ0n) is 24.2. The molecular formula is C30H41N7O3. The van der Waals surface area contributed by atoms with Crippen LogP contribution in [-0.2, 0) is 22.4 Å². The highest BCUT2D eigenvalue weighted by atomic mass is 16.2. The predicted octanol–water partition coefficient (Wildman–Crippen LogP) is 2.83. The molecule has 214 valence electrons. The molecule has 2 aliphatic rings. The quantitative estimate of drug-likeness (QED) is 0.328. The van der Waals surface area contributed by atoms with Crippen molar-refractivity contribution in [2.75, 3.05) is 39.5 Å². The van der Waals surface area contributed by atoms with Crippen molar-refractivity contribution in [3.8, 4) is 0 Å². The van der Waals surface area contributed by atoms with Gasteiger partial charge in [0.25, 0.3) is 5.91 Å². The Labute approximate surface area is 236 Å². The van der Waals surface area contributed by atoms with Gasteiger partial charge in [-0.2, -0.15) is 0 Å². The average Bonchev–Trinajstić information content (AvgIpc) is 3.81. The first-order valence-corrected chi connectivity index (χ1v) is 14.0. The highest BCUT2D eigenvalue weighted by Gasteiger charge is 2.54. The first-order valence-electron chi connectivity index (χ1n) is 14.0. The molecule has 4 N–H and O–H groups in total. The molecular weight excluding hydrogens is 506 g/mol. The summed E-state index contributed by atoms with van der Waals surface area (Å²) in [5.74, 6) is -0.0538. The number of hydrogen-bond acceptors (Lipinski definition) is 7. The number of nitrogens with zero attached hydrogens (tertiary/aromatic N) is 4. The Hall–Kier alpha value is -3.79. The third kappa shape index (κ3) is 6.85. The molecule has 0 saturated heterocycles. The first-order chi connectivity index (χ1) is 19.0. The van der Waals surface area contributed by atoms with Gasteiger partial charge in [0.05, 0.1) is 11.4 Å². The second-order valence-corrected chi connectivity index (χ2v) is 11.1. The second-order valence-electron chi connectivity index (χ2n) is 11.1. The maximum atomic E-state index is 13.1. The largest absolute Gasteiger partial charge is 0.364 e. The van der Waals surface area contributed by atoms with Gasteiger partial charge in [-0.3, -0.25) is 14.4 Å². The van der Waals surface area contributed by atoms with Crippen LogP contribution in [0.2, 0.25) is 0 Å². The van der Waals surface area contributed by atoms with Gasteiger partial charge in [0, 0.05) is 31.9 Å². The molecule has 1 aromatic carbocycles. The molecule has 0 aliphatic heterocycles. The molecule has 0 spiro atoms. The molecule has 10 nitrogen and oxygen atoms in total. The summed E-state index contributed by atoms with van der Waals surface area (Å²) in [6.07, 6.45) is 8.23. The number of carbonyl (C=O) groups excluding carboxylic acids is 3. The van der Waals surface area contributed by atoms with Crippen molar-refractivity contribution in [3.05, 3.63) is 58.6 Å². The maximum absolute atomic E-state index is 13.1.